The summed E-state index contributed by atoms with van der Waals surface area (Å²) in [6, 6.07) is 15.7. The summed E-state index contributed by atoms with van der Waals surface area (Å²) in [6.45, 7) is 0.328. The Balaban J connectivity index is 1.95. The summed E-state index contributed by atoms with van der Waals surface area (Å²) in [6.07, 6.45) is 0. The maximum absolute atomic E-state index is 12.2. The molecule has 0 aliphatic rings. The quantitative estimate of drug-likeness (QED) is 0.763. The summed E-state index contributed by atoms with van der Waals surface area (Å²) in [5.74, 6) is -1.80. The van der Waals surface area contributed by atoms with Crippen LogP contribution in [0.25, 0.3) is 0 Å². The second-order valence-electron chi connectivity index (χ2n) is 3.95. The summed E-state index contributed by atoms with van der Waals surface area (Å²) >= 11 is 0.516. The molecule has 2 aromatic rings. The number of nitriles is 1. The monoisotopic (exact) mass is 291 g/mol. The first kappa shape index (κ1) is 14.4. The second kappa shape index (κ2) is 6.92. The molecule has 0 amide bonds. The molecule has 0 aromatic heterocycles. The Bertz CT molecular complexity index is 608. The molecule has 2 nitrogen and oxygen atoms in total. The Morgan fingerprint density at radius 3 is 2.55 bits per heavy atom. The van der Waals surface area contributed by atoms with E-state index >= 15 is 0 Å². The number of rotatable bonds is 5. The number of halogens is 2. The summed E-state index contributed by atoms with van der Waals surface area (Å²) in [5, 5.41) is 8.78. The Labute approximate surface area is 120 Å². The zero-order valence-corrected chi connectivity index (χ0v) is 11.2. The SMILES string of the molecule is N#Cc1cccc(OCc2ccc(SC(F)F)cc2)c1. The number of thioether (sulfide) groups is 1. The van der Waals surface area contributed by atoms with Gasteiger partial charge in [-0.3, -0.25) is 0 Å². The van der Waals surface area contributed by atoms with Crippen LogP contribution in [-0.4, -0.2) is 5.76 Å². The molecule has 2 aromatic carbocycles. The van der Waals surface area contributed by atoms with Crippen molar-refractivity contribution < 1.29 is 13.5 Å². The lowest BCUT2D eigenvalue weighted by Crippen LogP contribution is -1.95. The lowest BCUT2D eigenvalue weighted by molar-refractivity contribution is 0.252. The summed E-state index contributed by atoms with van der Waals surface area (Å²) in [5.41, 5.74) is 1.41. The number of nitrogens with zero attached hydrogens (tertiary/aromatic N) is 1. The van der Waals surface area contributed by atoms with Gasteiger partial charge in [-0.15, -0.1) is 0 Å². The number of hydrogen-bond donors (Lipinski definition) is 0. The number of ether oxygens (including phenoxy) is 1. The van der Waals surface area contributed by atoms with E-state index < -0.39 is 5.76 Å². The van der Waals surface area contributed by atoms with Crippen LogP contribution in [0.4, 0.5) is 8.78 Å². The zero-order valence-electron chi connectivity index (χ0n) is 10.4. The van der Waals surface area contributed by atoms with Crippen molar-refractivity contribution in [3.05, 3.63) is 59.7 Å². The van der Waals surface area contributed by atoms with E-state index in [9.17, 15) is 8.78 Å². The van der Waals surface area contributed by atoms with E-state index in [0.717, 1.165) is 5.56 Å². The van der Waals surface area contributed by atoms with Gasteiger partial charge in [-0.25, -0.2) is 0 Å². The van der Waals surface area contributed by atoms with Gasteiger partial charge in [0.15, 0.2) is 0 Å². The molecule has 0 atom stereocenters. The fraction of sp³-hybridized carbons (Fsp3) is 0.133. The van der Waals surface area contributed by atoms with Gasteiger partial charge in [0, 0.05) is 4.90 Å². The van der Waals surface area contributed by atoms with Crippen molar-refractivity contribution in [1.29, 1.82) is 5.26 Å². The van der Waals surface area contributed by atoms with Gasteiger partial charge in [-0.1, -0.05) is 30.0 Å². The van der Waals surface area contributed by atoms with Gasteiger partial charge in [0.1, 0.15) is 12.4 Å². The molecule has 0 aliphatic heterocycles. The van der Waals surface area contributed by atoms with Gasteiger partial charge in [-0.05, 0) is 35.9 Å². The van der Waals surface area contributed by atoms with Crippen molar-refractivity contribution in [3.8, 4) is 11.8 Å². The molecule has 0 saturated carbocycles. The molecule has 102 valence electrons. The van der Waals surface area contributed by atoms with Gasteiger partial charge in [0.25, 0.3) is 5.76 Å². The van der Waals surface area contributed by atoms with Gasteiger partial charge in [-0.2, -0.15) is 14.0 Å². The Morgan fingerprint density at radius 2 is 1.90 bits per heavy atom. The van der Waals surface area contributed by atoms with Crippen LogP contribution in [0.2, 0.25) is 0 Å². The minimum absolute atomic E-state index is 0.328. The average Bonchev–Trinajstić information content (AvgIpc) is 2.46. The van der Waals surface area contributed by atoms with E-state index in [-0.39, 0.29) is 0 Å². The molecule has 0 radical (unpaired) electrons. The number of alkyl halides is 2. The van der Waals surface area contributed by atoms with E-state index in [1.807, 2.05) is 6.07 Å². The van der Waals surface area contributed by atoms with Crippen LogP contribution in [0, 0.1) is 11.3 Å². The van der Waals surface area contributed by atoms with Crippen molar-refractivity contribution in [2.45, 2.75) is 17.3 Å². The lowest BCUT2D eigenvalue weighted by atomic mass is 10.2. The average molecular weight is 291 g/mol. The van der Waals surface area contributed by atoms with Crippen LogP contribution in [-0.2, 0) is 6.61 Å². The van der Waals surface area contributed by atoms with Gasteiger partial charge in [0.05, 0.1) is 11.6 Å². The first-order valence-electron chi connectivity index (χ1n) is 5.84. The normalized spacial score (nSPS) is 10.3. The Hall–Kier alpha value is -2.06. The molecule has 0 heterocycles. The molecular weight excluding hydrogens is 280 g/mol. The van der Waals surface area contributed by atoms with Crippen LogP contribution in [0.15, 0.2) is 53.4 Å². The van der Waals surface area contributed by atoms with Gasteiger partial charge < -0.3 is 4.74 Å². The van der Waals surface area contributed by atoms with Crippen molar-refractivity contribution >= 4 is 11.8 Å². The Morgan fingerprint density at radius 1 is 1.15 bits per heavy atom. The first-order valence-corrected chi connectivity index (χ1v) is 6.72. The molecule has 20 heavy (non-hydrogen) atoms. The highest BCUT2D eigenvalue weighted by atomic mass is 32.2. The largest absolute Gasteiger partial charge is 0.489 e. The van der Waals surface area contributed by atoms with Crippen LogP contribution >= 0.6 is 11.8 Å². The molecule has 5 heteroatoms. The molecular formula is C15H11F2NOS. The maximum Gasteiger partial charge on any atom is 0.288 e. The van der Waals surface area contributed by atoms with Crippen molar-refractivity contribution in [2.75, 3.05) is 0 Å². The molecule has 2 rings (SSSR count). The predicted molar refractivity (Wildman–Crippen MR) is 73.8 cm³/mol. The first-order chi connectivity index (χ1) is 9.67. The number of benzene rings is 2. The number of hydrogen-bond acceptors (Lipinski definition) is 3. The smallest absolute Gasteiger partial charge is 0.288 e. The standard InChI is InChI=1S/C15H11F2NOS/c16-15(17)20-14-6-4-11(5-7-14)10-19-13-3-1-2-12(8-13)9-18/h1-8,15H,10H2. The van der Waals surface area contributed by atoms with Crippen LogP contribution in [0.1, 0.15) is 11.1 Å². The van der Waals surface area contributed by atoms with Crippen molar-refractivity contribution in [3.63, 3.8) is 0 Å². The zero-order chi connectivity index (χ0) is 14.4. The van der Waals surface area contributed by atoms with E-state index in [4.69, 9.17) is 10.00 Å². The fourth-order valence-corrected chi connectivity index (χ4v) is 2.09. The lowest BCUT2D eigenvalue weighted by Gasteiger charge is -2.07. The van der Waals surface area contributed by atoms with E-state index in [0.29, 0.717) is 34.6 Å². The van der Waals surface area contributed by atoms with E-state index in [1.165, 1.54) is 0 Å². The Kier molecular flexibility index (Phi) is 4.97. The van der Waals surface area contributed by atoms with Gasteiger partial charge >= 0.3 is 0 Å². The van der Waals surface area contributed by atoms with Crippen LogP contribution < -0.4 is 4.74 Å². The minimum Gasteiger partial charge on any atom is -0.489 e. The van der Waals surface area contributed by atoms with Crippen molar-refractivity contribution in [2.24, 2.45) is 0 Å². The van der Waals surface area contributed by atoms with Gasteiger partial charge in [0.2, 0.25) is 0 Å². The highest BCUT2D eigenvalue weighted by molar-refractivity contribution is 7.99. The third-order valence-electron chi connectivity index (χ3n) is 2.52. The molecule has 0 unspecified atom stereocenters. The molecule has 0 saturated heterocycles. The maximum atomic E-state index is 12.2. The third kappa shape index (κ3) is 4.25. The van der Waals surface area contributed by atoms with E-state index in [1.54, 1.807) is 48.5 Å². The predicted octanol–water partition coefficient (Wildman–Crippen LogP) is 4.45. The van der Waals surface area contributed by atoms with E-state index in [2.05, 4.69) is 0 Å². The van der Waals surface area contributed by atoms with Crippen LogP contribution in [0.5, 0.6) is 5.75 Å². The molecule has 0 N–H and O–H groups in total. The molecule has 0 fully saturated rings. The summed E-state index contributed by atoms with van der Waals surface area (Å²) in [7, 11) is 0. The van der Waals surface area contributed by atoms with Crippen molar-refractivity contribution in [1.82, 2.24) is 0 Å². The molecule has 0 bridgehead atoms. The highest BCUT2D eigenvalue weighted by Crippen LogP contribution is 2.25. The minimum atomic E-state index is -2.41. The summed E-state index contributed by atoms with van der Waals surface area (Å²) < 4.78 is 29.9. The van der Waals surface area contributed by atoms with Crippen LogP contribution in [0.3, 0.4) is 0 Å². The highest BCUT2D eigenvalue weighted by Gasteiger charge is 2.05. The molecule has 0 aliphatic carbocycles. The second-order valence-corrected chi connectivity index (χ2v) is 5.01. The third-order valence-corrected chi connectivity index (χ3v) is 3.24. The fourth-order valence-electron chi connectivity index (χ4n) is 1.59. The molecule has 0 spiro atoms. The topological polar surface area (TPSA) is 33.0 Å². The summed E-state index contributed by atoms with van der Waals surface area (Å²) in [4.78, 5) is 0.523.